The molecule has 0 spiro atoms. The number of rotatable bonds is 3. The van der Waals surface area contributed by atoms with Gasteiger partial charge in [-0.3, -0.25) is 4.79 Å². The Kier molecular flexibility index (Phi) is 2.62. The third kappa shape index (κ3) is 1.91. The lowest BCUT2D eigenvalue weighted by atomic mass is 9.94. The molecule has 0 unspecified atom stereocenters. The fourth-order valence-corrected chi connectivity index (χ4v) is 2.64. The van der Waals surface area contributed by atoms with E-state index in [0.717, 1.165) is 29.3 Å². The summed E-state index contributed by atoms with van der Waals surface area (Å²) >= 11 is 0. The number of amides is 1. The van der Waals surface area contributed by atoms with Crippen LogP contribution in [0.1, 0.15) is 32.3 Å². The largest absolute Gasteiger partial charge is 0.361 e. The summed E-state index contributed by atoms with van der Waals surface area (Å²) in [5.74, 6) is -0.190. The molecule has 3 nitrogen and oxygen atoms in total. The van der Waals surface area contributed by atoms with Crippen LogP contribution in [0.5, 0.6) is 0 Å². The Labute approximate surface area is 111 Å². The van der Waals surface area contributed by atoms with Gasteiger partial charge in [-0.2, -0.15) is 0 Å². The molecule has 1 aliphatic carbocycles. The van der Waals surface area contributed by atoms with Gasteiger partial charge < -0.3 is 10.3 Å². The number of carbonyl (C=O) groups is 1. The minimum absolute atomic E-state index is 0.0766. The van der Waals surface area contributed by atoms with Gasteiger partial charge in [0.05, 0.1) is 5.41 Å². The van der Waals surface area contributed by atoms with Crippen LogP contribution in [-0.2, 0) is 10.2 Å². The zero-order chi connectivity index (χ0) is 13.6. The van der Waals surface area contributed by atoms with Crippen LogP contribution in [0.2, 0.25) is 0 Å². The van der Waals surface area contributed by atoms with Crippen molar-refractivity contribution in [1.82, 2.24) is 10.3 Å². The van der Waals surface area contributed by atoms with Crippen molar-refractivity contribution >= 4 is 16.8 Å². The smallest absolute Gasteiger partial charge is 0.230 e. The summed E-state index contributed by atoms with van der Waals surface area (Å²) < 4.78 is 13.2. The van der Waals surface area contributed by atoms with Crippen molar-refractivity contribution < 1.29 is 9.18 Å². The maximum absolute atomic E-state index is 13.2. The third-order valence-corrected chi connectivity index (χ3v) is 3.76. The van der Waals surface area contributed by atoms with E-state index < -0.39 is 5.41 Å². The Balaban J connectivity index is 2.02. The molecule has 0 bridgehead atoms. The summed E-state index contributed by atoms with van der Waals surface area (Å²) in [5.41, 5.74) is 1.32. The highest BCUT2D eigenvalue weighted by molar-refractivity contribution is 5.97. The average molecular weight is 260 g/mol. The van der Waals surface area contributed by atoms with Crippen LogP contribution in [0.15, 0.2) is 24.4 Å². The van der Waals surface area contributed by atoms with Crippen LogP contribution >= 0.6 is 0 Å². The maximum Gasteiger partial charge on any atom is 0.230 e. The Morgan fingerprint density at radius 3 is 2.79 bits per heavy atom. The summed E-state index contributed by atoms with van der Waals surface area (Å²) in [5, 5.41) is 3.93. The molecule has 1 fully saturated rings. The average Bonchev–Trinajstić information content (AvgIpc) is 3.04. The SMILES string of the molecule is CC(C)NC(=O)C1(c2c[nH]c3cc(F)ccc23)CC1. The molecule has 3 rings (SSSR count). The van der Waals surface area contributed by atoms with Crippen molar-refractivity contribution in [3.63, 3.8) is 0 Å². The number of aromatic amines is 1. The van der Waals surface area contributed by atoms with Gasteiger partial charge in [0.1, 0.15) is 5.82 Å². The second-order valence-corrected chi connectivity index (χ2v) is 5.60. The Hall–Kier alpha value is -1.84. The second-order valence-electron chi connectivity index (χ2n) is 5.60. The van der Waals surface area contributed by atoms with Crippen molar-refractivity contribution in [2.75, 3.05) is 0 Å². The number of nitrogens with one attached hydrogen (secondary N) is 2. The third-order valence-electron chi connectivity index (χ3n) is 3.76. The molecule has 0 atom stereocenters. The minimum Gasteiger partial charge on any atom is -0.361 e. The first-order valence-corrected chi connectivity index (χ1v) is 6.61. The second kappa shape index (κ2) is 4.08. The van der Waals surface area contributed by atoms with Gasteiger partial charge in [-0.15, -0.1) is 0 Å². The van der Waals surface area contributed by atoms with E-state index in [1.54, 1.807) is 6.07 Å². The number of benzene rings is 1. The first-order chi connectivity index (χ1) is 9.03. The predicted molar refractivity (Wildman–Crippen MR) is 72.4 cm³/mol. The van der Waals surface area contributed by atoms with Gasteiger partial charge in [0, 0.05) is 23.1 Å². The van der Waals surface area contributed by atoms with Crippen LogP contribution < -0.4 is 5.32 Å². The normalized spacial score (nSPS) is 16.8. The van der Waals surface area contributed by atoms with Gasteiger partial charge in [0.25, 0.3) is 0 Å². The van der Waals surface area contributed by atoms with Gasteiger partial charge in [-0.05, 0) is 50.5 Å². The Morgan fingerprint density at radius 1 is 1.42 bits per heavy atom. The molecule has 2 aromatic rings. The highest BCUT2D eigenvalue weighted by Gasteiger charge is 2.52. The zero-order valence-corrected chi connectivity index (χ0v) is 11.1. The molecule has 0 saturated heterocycles. The number of halogens is 1. The summed E-state index contributed by atoms with van der Waals surface area (Å²) in [7, 11) is 0. The van der Waals surface area contributed by atoms with Crippen LogP contribution in [0.3, 0.4) is 0 Å². The van der Waals surface area contributed by atoms with E-state index in [2.05, 4.69) is 10.3 Å². The topological polar surface area (TPSA) is 44.9 Å². The van der Waals surface area contributed by atoms with Crippen molar-refractivity contribution in [1.29, 1.82) is 0 Å². The maximum atomic E-state index is 13.2. The molecule has 1 aromatic carbocycles. The van der Waals surface area contributed by atoms with Crippen LogP contribution in [-0.4, -0.2) is 16.9 Å². The molecule has 4 heteroatoms. The highest BCUT2D eigenvalue weighted by Crippen LogP contribution is 2.50. The quantitative estimate of drug-likeness (QED) is 0.875. The van der Waals surface area contributed by atoms with Gasteiger partial charge in [0.2, 0.25) is 5.91 Å². The molecule has 1 aliphatic rings. The highest BCUT2D eigenvalue weighted by atomic mass is 19.1. The monoisotopic (exact) mass is 260 g/mol. The molecule has 0 radical (unpaired) electrons. The summed E-state index contributed by atoms with van der Waals surface area (Å²) in [6.07, 6.45) is 3.56. The van der Waals surface area contributed by atoms with Gasteiger partial charge in [-0.1, -0.05) is 0 Å². The first-order valence-electron chi connectivity index (χ1n) is 6.61. The van der Waals surface area contributed by atoms with E-state index >= 15 is 0 Å². The van der Waals surface area contributed by atoms with Gasteiger partial charge >= 0.3 is 0 Å². The lowest BCUT2D eigenvalue weighted by molar-refractivity contribution is -0.124. The fourth-order valence-electron chi connectivity index (χ4n) is 2.64. The molecule has 1 heterocycles. The summed E-state index contributed by atoms with van der Waals surface area (Å²) in [4.78, 5) is 15.4. The van der Waals surface area contributed by atoms with Crippen LogP contribution in [0, 0.1) is 5.82 Å². The van der Waals surface area contributed by atoms with Gasteiger partial charge in [0.15, 0.2) is 0 Å². The number of H-pyrrole nitrogens is 1. The van der Waals surface area contributed by atoms with Crippen LogP contribution in [0.25, 0.3) is 10.9 Å². The van der Waals surface area contributed by atoms with E-state index in [-0.39, 0.29) is 17.8 Å². The Morgan fingerprint density at radius 2 is 2.16 bits per heavy atom. The lowest BCUT2D eigenvalue weighted by Crippen LogP contribution is -2.38. The fraction of sp³-hybridized carbons (Fsp3) is 0.400. The molecule has 1 saturated carbocycles. The molecule has 100 valence electrons. The van der Waals surface area contributed by atoms with E-state index in [4.69, 9.17) is 0 Å². The standard InChI is InChI=1S/C15H17FN2O/c1-9(2)18-14(19)15(5-6-15)12-8-17-13-7-10(16)3-4-11(12)13/h3-4,7-9,17H,5-6H2,1-2H3,(H,18,19). The van der Waals surface area contributed by atoms with E-state index in [0.29, 0.717) is 0 Å². The Bertz CT molecular complexity index is 641. The number of aromatic nitrogens is 1. The minimum atomic E-state index is -0.416. The van der Waals surface area contributed by atoms with Gasteiger partial charge in [-0.25, -0.2) is 4.39 Å². The molecule has 0 aliphatic heterocycles. The molecule has 19 heavy (non-hydrogen) atoms. The molecule has 2 N–H and O–H groups in total. The number of hydrogen-bond acceptors (Lipinski definition) is 1. The number of carbonyl (C=O) groups excluding carboxylic acids is 1. The van der Waals surface area contributed by atoms with E-state index in [9.17, 15) is 9.18 Å². The van der Waals surface area contributed by atoms with E-state index in [1.165, 1.54) is 12.1 Å². The molecular weight excluding hydrogens is 243 g/mol. The van der Waals surface area contributed by atoms with Crippen molar-refractivity contribution in [2.45, 2.75) is 38.1 Å². The zero-order valence-electron chi connectivity index (χ0n) is 11.1. The van der Waals surface area contributed by atoms with E-state index in [1.807, 2.05) is 20.0 Å². The van der Waals surface area contributed by atoms with Crippen molar-refractivity contribution in [3.8, 4) is 0 Å². The predicted octanol–water partition coefficient (Wildman–Crippen LogP) is 2.86. The van der Waals surface area contributed by atoms with Crippen molar-refractivity contribution in [2.24, 2.45) is 0 Å². The van der Waals surface area contributed by atoms with Crippen molar-refractivity contribution in [3.05, 3.63) is 35.8 Å². The summed E-state index contributed by atoms with van der Waals surface area (Å²) in [6, 6.07) is 4.79. The molecule has 1 aromatic heterocycles. The molecule has 1 amide bonds. The lowest BCUT2D eigenvalue weighted by Gasteiger charge is -2.17. The number of fused-ring (bicyclic) bond motifs is 1. The number of hydrogen-bond donors (Lipinski definition) is 2. The summed E-state index contributed by atoms with van der Waals surface area (Å²) in [6.45, 7) is 3.91. The first kappa shape index (κ1) is 12.2. The van der Waals surface area contributed by atoms with Crippen LogP contribution in [0.4, 0.5) is 4.39 Å². The molecular formula is C15H17FN2O.